The predicted octanol–water partition coefficient (Wildman–Crippen LogP) is 4.74. The van der Waals surface area contributed by atoms with Gasteiger partial charge < -0.3 is 14.4 Å². The van der Waals surface area contributed by atoms with Gasteiger partial charge in [0.2, 0.25) is 15.9 Å². The highest BCUT2D eigenvalue weighted by Crippen LogP contribution is 2.34. The number of para-hydroxylation sites is 1. The van der Waals surface area contributed by atoms with Gasteiger partial charge in [0, 0.05) is 24.6 Å². The molecule has 202 valence electrons. The summed E-state index contributed by atoms with van der Waals surface area (Å²) >= 11 is 1.69. The van der Waals surface area contributed by atoms with Crippen LogP contribution in [0.1, 0.15) is 40.5 Å². The highest BCUT2D eigenvalue weighted by molar-refractivity contribution is 7.89. The molecule has 2 aromatic carbocycles. The molecule has 0 bridgehead atoms. The molecule has 0 aliphatic carbocycles. The Hall–Kier alpha value is -2.72. The van der Waals surface area contributed by atoms with E-state index in [0.29, 0.717) is 19.8 Å². The molecule has 0 unspecified atom stereocenters. The fraction of sp³-hybridized carbons (Fsp3) is 0.414. The standard InChI is InChI=1S/C29H34N2O5S2/c1-21-9-11-24(12-10-21)38(33,34)30(18-23-7-5-16-35-23)19-29(32)31-15-13-28-25(14-17-37-28)26(31)20-36-27-8-4-3-6-22(27)2/h3-4,6,8-12,14,17,23,26H,5,7,13,15-16,18-20H2,1-2H3/t23-,26-/m1/s1. The van der Waals surface area contributed by atoms with Crippen LogP contribution >= 0.6 is 11.3 Å². The van der Waals surface area contributed by atoms with E-state index in [1.54, 1.807) is 40.5 Å². The molecule has 9 heteroatoms. The number of carbonyl (C=O) groups excluding carboxylic acids is 1. The normalized spacial score (nSPS) is 19.5. The first-order valence-electron chi connectivity index (χ1n) is 13.1. The number of ether oxygens (including phenoxy) is 2. The predicted molar refractivity (Wildman–Crippen MR) is 148 cm³/mol. The monoisotopic (exact) mass is 554 g/mol. The number of fused-ring (bicyclic) bond motifs is 1. The zero-order chi connectivity index (χ0) is 26.7. The molecule has 7 nitrogen and oxygen atoms in total. The molecule has 0 saturated carbocycles. The van der Waals surface area contributed by atoms with E-state index in [2.05, 4.69) is 6.07 Å². The number of hydrogen-bond donors (Lipinski definition) is 0. The first-order chi connectivity index (χ1) is 18.3. The van der Waals surface area contributed by atoms with Crippen LogP contribution in [0.4, 0.5) is 0 Å². The molecule has 3 heterocycles. The third kappa shape index (κ3) is 5.81. The van der Waals surface area contributed by atoms with Crippen LogP contribution in [0.3, 0.4) is 0 Å². The van der Waals surface area contributed by atoms with Crippen LogP contribution in [-0.4, -0.2) is 62.5 Å². The first kappa shape index (κ1) is 26.9. The van der Waals surface area contributed by atoms with Crippen molar-refractivity contribution in [1.29, 1.82) is 0 Å². The Morgan fingerprint density at radius 3 is 2.66 bits per heavy atom. The van der Waals surface area contributed by atoms with Crippen LogP contribution < -0.4 is 4.74 Å². The van der Waals surface area contributed by atoms with Gasteiger partial charge >= 0.3 is 0 Å². The maximum Gasteiger partial charge on any atom is 0.243 e. The molecule has 1 saturated heterocycles. The average molecular weight is 555 g/mol. The fourth-order valence-electron chi connectivity index (χ4n) is 5.13. The van der Waals surface area contributed by atoms with Gasteiger partial charge in [0.1, 0.15) is 12.4 Å². The van der Waals surface area contributed by atoms with E-state index in [1.807, 2.05) is 43.5 Å². The summed E-state index contributed by atoms with van der Waals surface area (Å²) in [5.41, 5.74) is 3.08. The van der Waals surface area contributed by atoms with Crippen molar-refractivity contribution in [1.82, 2.24) is 9.21 Å². The lowest BCUT2D eigenvalue weighted by Gasteiger charge is -2.37. The molecule has 2 aliphatic rings. The summed E-state index contributed by atoms with van der Waals surface area (Å²) in [7, 11) is -3.89. The number of rotatable bonds is 9. The smallest absolute Gasteiger partial charge is 0.243 e. The van der Waals surface area contributed by atoms with Crippen molar-refractivity contribution < 1.29 is 22.7 Å². The van der Waals surface area contributed by atoms with Crippen molar-refractivity contribution in [2.24, 2.45) is 0 Å². The highest BCUT2D eigenvalue weighted by atomic mass is 32.2. The first-order valence-corrected chi connectivity index (χ1v) is 15.4. The van der Waals surface area contributed by atoms with Crippen molar-refractivity contribution in [3.05, 3.63) is 81.5 Å². The average Bonchev–Trinajstić information content (AvgIpc) is 3.60. The summed E-state index contributed by atoms with van der Waals surface area (Å²) < 4.78 is 40.7. The van der Waals surface area contributed by atoms with Gasteiger partial charge in [0.05, 0.1) is 23.6 Å². The quantitative estimate of drug-likeness (QED) is 0.382. The second-order valence-electron chi connectivity index (χ2n) is 9.97. The second kappa shape index (κ2) is 11.6. The van der Waals surface area contributed by atoms with Gasteiger partial charge in [-0.25, -0.2) is 8.42 Å². The number of hydrogen-bond acceptors (Lipinski definition) is 6. The Morgan fingerprint density at radius 2 is 1.92 bits per heavy atom. The third-order valence-electron chi connectivity index (χ3n) is 7.31. The maximum atomic E-state index is 13.9. The lowest BCUT2D eigenvalue weighted by molar-refractivity contribution is -0.135. The van der Waals surface area contributed by atoms with E-state index < -0.39 is 10.0 Å². The maximum absolute atomic E-state index is 13.9. The highest BCUT2D eigenvalue weighted by Gasteiger charge is 2.36. The number of thiophene rings is 1. The molecule has 0 spiro atoms. The number of amides is 1. The van der Waals surface area contributed by atoms with Crippen molar-refractivity contribution >= 4 is 27.3 Å². The third-order valence-corrected chi connectivity index (χ3v) is 10.1. The summed E-state index contributed by atoms with van der Waals surface area (Å²) in [6.45, 7) is 5.26. The summed E-state index contributed by atoms with van der Waals surface area (Å²) in [6, 6.07) is 16.4. The van der Waals surface area contributed by atoms with Crippen molar-refractivity contribution in [3.63, 3.8) is 0 Å². The molecule has 2 atom stereocenters. The number of aryl methyl sites for hydroxylation is 2. The number of carbonyl (C=O) groups is 1. The summed E-state index contributed by atoms with van der Waals surface area (Å²) in [5.74, 6) is 0.554. The zero-order valence-electron chi connectivity index (χ0n) is 21.8. The molecule has 0 radical (unpaired) electrons. The van der Waals surface area contributed by atoms with Gasteiger partial charge in [0.25, 0.3) is 0 Å². The molecule has 38 heavy (non-hydrogen) atoms. The molecular formula is C29H34N2O5S2. The minimum Gasteiger partial charge on any atom is -0.491 e. The van der Waals surface area contributed by atoms with Crippen LogP contribution in [-0.2, 0) is 26.0 Å². The van der Waals surface area contributed by atoms with Crippen molar-refractivity contribution in [2.45, 2.75) is 50.2 Å². The van der Waals surface area contributed by atoms with E-state index in [0.717, 1.165) is 41.7 Å². The zero-order valence-corrected chi connectivity index (χ0v) is 23.5. The largest absolute Gasteiger partial charge is 0.491 e. The van der Waals surface area contributed by atoms with Crippen LogP contribution in [0.2, 0.25) is 0 Å². The van der Waals surface area contributed by atoms with Gasteiger partial charge in [0.15, 0.2) is 0 Å². The van der Waals surface area contributed by atoms with E-state index >= 15 is 0 Å². The molecule has 0 N–H and O–H groups in total. The Kier molecular flexibility index (Phi) is 8.18. The Bertz CT molecular complexity index is 1360. The van der Waals surface area contributed by atoms with Crippen molar-refractivity contribution in [2.75, 3.05) is 32.8 Å². The van der Waals surface area contributed by atoms with Crippen LogP contribution in [0.25, 0.3) is 0 Å². The molecule has 1 fully saturated rings. The van der Waals surface area contributed by atoms with E-state index in [-0.39, 0.29) is 36.0 Å². The summed E-state index contributed by atoms with van der Waals surface area (Å²) in [6.07, 6.45) is 2.20. The van der Waals surface area contributed by atoms with Crippen molar-refractivity contribution in [3.8, 4) is 5.75 Å². The molecule has 1 aromatic heterocycles. The van der Waals surface area contributed by atoms with E-state index in [9.17, 15) is 13.2 Å². The van der Waals surface area contributed by atoms with E-state index in [1.165, 1.54) is 9.18 Å². The number of nitrogens with zero attached hydrogens (tertiary/aromatic N) is 2. The number of sulfonamides is 1. The molecule has 1 amide bonds. The van der Waals surface area contributed by atoms with E-state index in [4.69, 9.17) is 9.47 Å². The second-order valence-corrected chi connectivity index (χ2v) is 12.9. The Morgan fingerprint density at radius 1 is 1.13 bits per heavy atom. The minimum absolute atomic E-state index is 0.157. The van der Waals surface area contributed by atoms with Crippen LogP contribution in [0.5, 0.6) is 5.75 Å². The summed E-state index contributed by atoms with van der Waals surface area (Å²) in [5, 5.41) is 2.05. The molecule has 2 aliphatic heterocycles. The minimum atomic E-state index is -3.89. The Balaban J connectivity index is 1.39. The Labute approximate surface area is 229 Å². The molecular weight excluding hydrogens is 520 g/mol. The van der Waals surface area contributed by atoms with Gasteiger partial charge in [-0.3, -0.25) is 4.79 Å². The van der Waals surface area contributed by atoms with Gasteiger partial charge in [-0.1, -0.05) is 35.9 Å². The van der Waals surface area contributed by atoms with Gasteiger partial charge in [-0.15, -0.1) is 11.3 Å². The SMILES string of the molecule is Cc1ccc(S(=O)(=O)N(CC(=O)N2CCc3sccc3[C@H]2COc2ccccc2C)C[C@H]2CCCO2)cc1. The van der Waals surface area contributed by atoms with Gasteiger partial charge in [-0.2, -0.15) is 4.31 Å². The van der Waals surface area contributed by atoms with Crippen LogP contribution in [0.15, 0.2) is 64.9 Å². The summed E-state index contributed by atoms with van der Waals surface area (Å²) in [4.78, 5) is 17.1. The molecule has 5 rings (SSSR count). The molecule has 3 aromatic rings. The van der Waals surface area contributed by atoms with Crippen LogP contribution in [0, 0.1) is 13.8 Å². The van der Waals surface area contributed by atoms with Gasteiger partial charge in [-0.05, 0) is 73.9 Å². The lowest BCUT2D eigenvalue weighted by Crippen LogP contribution is -2.49. The number of benzene rings is 2. The fourth-order valence-corrected chi connectivity index (χ4v) is 7.48. The topological polar surface area (TPSA) is 76.2 Å². The lowest BCUT2D eigenvalue weighted by atomic mass is 10.0.